The van der Waals surface area contributed by atoms with E-state index < -0.39 is 0 Å². The summed E-state index contributed by atoms with van der Waals surface area (Å²) in [5.41, 5.74) is 4.14. The lowest BCUT2D eigenvalue weighted by Gasteiger charge is -2.13. The average molecular weight is 398 g/mol. The van der Waals surface area contributed by atoms with Crippen molar-refractivity contribution in [3.05, 3.63) is 53.9 Å². The van der Waals surface area contributed by atoms with Crippen LogP contribution in [-0.2, 0) is 9.53 Å². The normalized spacial score (nSPS) is 10.8. The molecule has 8 heteroatoms. The first-order valence-corrected chi connectivity index (χ1v) is 9.90. The summed E-state index contributed by atoms with van der Waals surface area (Å²) in [5.74, 6) is 0.877. The number of aromatic nitrogens is 4. The molecular formula is C20H23N5O2S. The monoisotopic (exact) mass is 397 g/mol. The summed E-state index contributed by atoms with van der Waals surface area (Å²) in [6, 6.07) is 10.0. The van der Waals surface area contributed by atoms with E-state index >= 15 is 0 Å². The number of carbonyl (C=O) groups excluding carboxylic acids is 1. The molecule has 0 spiro atoms. The van der Waals surface area contributed by atoms with E-state index in [9.17, 15) is 4.79 Å². The first-order valence-electron chi connectivity index (χ1n) is 8.92. The standard InChI is InChI=1S/C20H23N5O2S/c1-14-6-7-17(15(2)11-14)25-19(16-5-4-8-21-12-16)23-24-20(25)28-13-18(26)22-9-10-27-3/h4-8,11-12H,9-10,13H2,1-3H3,(H,22,26). The van der Waals surface area contributed by atoms with Crippen molar-refractivity contribution in [3.8, 4) is 17.1 Å². The van der Waals surface area contributed by atoms with Gasteiger partial charge in [0.2, 0.25) is 5.91 Å². The quantitative estimate of drug-likeness (QED) is 0.465. The second-order valence-electron chi connectivity index (χ2n) is 6.30. The molecule has 1 aromatic carbocycles. The van der Waals surface area contributed by atoms with Crippen LogP contribution in [0.4, 0.5) is 0 Å². The van der Waals surface area contributed by atoms with E-state index in [1.54, 1.807) is 19.5 Å². The summed E-state index contributed by atoms with van der Waals surface area (Å²) in [7, 11) is 1.60. The predicted molar refractivity (Wildman–Crippen MR) is 110 cm³/mol. The fourth-order valence-corrected chi connectivity index (χ4v) is 3.57. The Bertz CT molecular complexity index is 943. The Morgan fingerprint density at radius 1 is 1.25 bits per heavy atom. The fraction of sp³-hybridized carbons (Fsp3) is 0.300. The van der Waals surface area contributed by atoms with Crippen LogP contribution in [0.2, 0.25) is 0 Å². The van der Waals surface area contributed by atoms with Crippen LogP contribution in [0, 0.1) is 13.8 Å². The molecule has 2 aromatic heterocycles. The zero-order chi connectivity index (χ0) is 19.9. The van der Waals surface area contributed by atoms with Crippen molar-refractivity contribution in [1.82, 2.24) is 25.1 Å². The summed E-state index contributed by atoms with van der Waals surface area (Å²) < 4.78 is 6.94. The Labute approximate surface area is 168 Å². The van der Waals surface area contributed by atoms with Gasteiger partial charge in [-0.25, -0.2) is 0 Å². The van der Waals surface area contributed by atoms with Gasteiger partial charge in [-0.3, -0.25) is 14.3 Å². The van der Waals surface area contributed by atoms with E-state index in [2.05, 4.69) is 52.5 Å². The molecule has 1 amide bonds. The molecule has 0 aliphatic heterocycles. The van der Waals surface area contributed by atoms with Gasteiger partial charge in [-0.15, -0.1) is 10.2 Å². The van der Waals surface area contributed by atoms with Crippen LogP contribution < -0.4 is 5.32 Å². The summed E-state index contributed by atoms with van der Waals surface area (Å²) in [4.78, 5) is 16.3. The van der Waals surface area contributed by atoms with Crippen LogP contribution in [0.5, 0.6) is 0 Å². The van der Waals surface area contributed by atoms with E-state index in [1.165, 1.54) is 17.3 Å². The number of amides is 1. The Morgan fingerprint density at radius 3 is 2.82 bits per heavy atom. The lowest BCUT2D eigenvalue weighted by Crippen LogP contribution is -2.28. The summed E-state index contributed by atoms with van der Waals surface area (Å²) in [6.07, 6.45) is 3.48. The number of ether oxygens (including phenoxy) is 1. The Kier molecular flexibility index (Phi) is 6.78. The van der Waals surface area contributed by atoms with Gasteiger partial charge in [0.15, 0.2) is 11.0 Å². The maximum Gasteiger partial charge on any atom is 0.230 e. The first kappa shape index (κ1) is 20.0. The zero-order valence-electron chi connectivity index (χ0n) is 16.2. The van der Waals surface area contributed by atoms with Crippen molar-refractivity contribution >= 4 is 17.7 Å². The fourth-order valence-electron chi connectivity index (χ4n) is 2.79. The maximum atomic E-state index is 12.1. The van der Waals surface area contributed by atoms with Crippen LogP contribution in [0.15, 0.2) is 47.9 Å². The van der Waals surface area contributed by atoms with Gasteiger partial charge in [-0.1, -0.05) is 29.5 Å². The minimum Gasteiger partial charge on any atom is -0.383 e. The Morgan fingerprint density at radius 2 is 2.11 bits per heavy atom. The highest BCUT2D eigenvalue weighted by atomic mass is 32.2. The van der Waals surface area contributed by atoms with Crippen LogP contribution in [0.1, 0.15) is 11.1 Å². The van der Waals surface area contributed by atoms with Gasteiger partial charge >= 0.3 is 0 Å². The molecule has 3 aromatic rings. The van der Waals surface area contributed by atoms with Crippen molar-refractivity contribution in [1.29, 1.82) is 0 Å². The van der Waals surface area contributed by atoms with Gasteiger partial charge in [0.05, 0.1) is 18.0 Å². The number of hydrogen-bond donors (Lipinski definition) is 1. The van der Waals surface area contributed by atoms with E-state index in [1.807, 2.05) is 16.7 Å². The number of carbonyl (C=O) groups is 1. The molecule has 0 unspecified atom stereocenters. The van der Waals surface area contributed by atoms with Crippen molar-refractivity contribution in [2.45, 2.75) is 19.0 Å². The lowest BCUT2D eigenvalue weighted by molar-refractivity contribution is -0.118. The van der Waals surface area contributed by atoms with E-state index in [-0.39, 0.29) is 11.7 Å². The molecule has 0 radical (unpaired) electrons. The lowest BCUT2D eigenvalue weighted by atomic mass is 10.1. The number of nitrogens with zero attached hydrogens (tertiary/aromatic N) is 4. The highest BCUT2D eigenvalue weighted by molar-refractivity contribution is 7.99. The predicted octanol–water partition coefficient (Wildman–Crippen LogP) is 2.80. The number of aryl methyl sites for hydroxylation is 2. The molecule has 0 aliphatic rings. The molecule has 0 aliphatic carbocycles. The second-order valence-corrected chi connectivity index (χ2v) is 7.25. The third-order valence-corrected chi connectivity index (χ3v) is 5.04. The number of thioether (sulfide) groups is 1. The van der Waals surface area contributed by atoms with Crippen molar-refractivity contribution < 1.29 is 9.53 Å². The van der Waals surface area contributed by atoms with Crippen LogP contribution in [0.3, 0.4) is 0 Å². The molecule has 7 nitrogen and oxygen atoms in total. The summed E-state index contributed by atoms with van der Waals surface area (Å²) in [5, 5.41) is 12.2. The average Bonchev–Trinajstić information content (AvgIpc) is 3.11. The third kappa shape index (κ3) is 4.76. The van der Waals surface area contributed by atoms with E-state index in [0.29, 0.717) is 24.1 Å². The molecule has 0 bridgehead atoms. The van der Waals surface area contributed by atoms with Crippen LogP contribution in [0.25, 0.3) is 17.1 Å². The van der Waals surface area contributed by atoms with Crippen LogP contribution in [-0.4, -0.2) is 51.7 Å². The van der Waals surface area contributed by atoms with Crippen molar-refractivity contribution in [2.24, 2.45) is 0 Å². The molecule has 0 saturated carbocycles. The van der Waals surface area contributed by atoms with E-state index in [0.717, 1.165) is 16.8 Å². The molecule has 0 atom stereocenters. The SMILES string of the molecule is COCCNC(=O)CSc1nnc(-c2cccnc2)n1-c1ccc(C)cc1C. The molecule has 28 heavy (non-hydrogen) atoms. The van der Waals surface area contributed by atoms with Gasteiger partial charge in [-0.05, 0) is 37.6 Å². The zero-order valence-corrected chi connectivity index (χ0v) is 17.0. The third-order valence-electron chi connectivity index (χ3n) is 4.11. The molecule has 3 rings (SSSR count). The van der Waals surface area contributed by atoms with Gasteiger partial charge in [0.25, 0.3) is 0 Å². The molecular weight excluding hydrogens is 374 g/mol. The largest absolute Gasteiger partial charge is 0.383 e. The Hall–Kier alpha value is -2.71. The van der Waals surface area contributed by atoms with Gasteiger partial charge in [0.1, 0.15) is 0 Å². The molecule has 2 heterocycles. The first-order chi connectivity index (χ1) is 13.6. The smallest absolute Gasteiger partial charge is 0.230 e. The van der Waals surface area contributed by atoms with E-state index in [4.69, 9.17) is 4.74 Å². The van der Waals surface area contributed by atoms with Gasteiger partial charge < -0.3 is 10.1 Å². The van der Waals surface area contributed by atoms with Crippen molar-refractivity contribution in [3.63, 3.8) is 0 Å². The van der Waals surface area contributed by atoms with Crippen LogP contribution >= 0.6 is 11.8 Å². The van der Waals surface area contributed by atoms with Gasteiger partial charge in [0, 0.05) is 31.6 Å². The molecule has 0 fully saturated rings. The minimum atomic E-state index is -0.0693. The number of hydrogen-bond acceptors (Lipinski definition) is 6. The second kappa shape index (κ2) is 9.48. The number of benzene rings is 1. The van der Waals surface area contributed by atoms with Crippen molar-refractivity contribution in [2.75, 3.05) is 26.0 Å². The molecule has 0 saturated heterocycles. The summed E-state index contributed by atoms with van der Waals surface area (Å²) >= 11 is 1.35. The minimum absolute atomic E-state index is 0.0693. The number of pyridine rings is 1. The van der Waals surface area contributed by atoms with Gasteiger partial charge in [-0.2, -0.15) is 0 Å². The highest BCUT2D eigenvalue weighted by Crippen LogP contribution is 2.29. The number of rotatable bonds is 8. The molecule has 1 N–H and O–H groups in total. The maximum absolute atomic E-state index is 12.1. The highest BCUT2D eigenvalue weighted by Gasteiger charge is 2.18. The molecule has 146 valence electrons. The topological polar surface area (TPSA) is 81.9 Å². The Balaban J connectivity index is 1.92. The number of methoxy groups -OCH3 is 1. The number of nitrogens with one attached hydrogen (secondary N) is 1. The summed E-state index contributed by atoms with van der Waals surface area (Å²) in [6.45, 7) is 5.09.